The number of nitrogens with zero attached hydrogens (tertiary/aromatic N) is 2. The first-order chi connectivity index (χ1) is 9.08. The second-order valence-corrected chi connectivity index (χ2v) is 4.72. The Kier molecular flexibility index (Phi) is 2.51. The molecule has 98 valence electrons. The molecule has 3 amide bonds. The lowest BCUT2D eigenvalue weighted by Crippen LogP contribution is -2.40. The lowest BCUT2D eigenvalue weighted by Gasteiger charge is -2.28. The molecule has 19 heavy (non-hydrogen) atoms. The lowest BCUT2D eigenvalue weighted by atomic mass is 9.95. The number of carboxylic acid groups (broad SMARTS) is 1. The van der Waals surface area contributed by atoms with Crippen LogP contribution in [0.25, 0.3) is 0 Å². The highest BCUT2D eigenvalue weighted by Crippen LogP contribution is 2.29. The van der Waals surface area contributed by atoms with E-state index in [9.17, 15) is 14.4 Å². The molecule has 0 spiro atoms. The van der Waals surface area contributed by atoms with Crippen molar-refractivity contribution in [3.05, 3.63) is 35.4 Å². The number of urea groups is 1. The summed E-state index contributed by atoms with van der Waals surface area (Å²) in [6, 6.07) is 6.57. The molecule has 1 fully saturated rings. The minimum Gasteiger partial charge on any atom is -0.480 e. The fraction of sp³-hybridized carbons (Fsp3) is 0.308. The monoisotopic (exact) mass is 260 g/mol. The van der Waals surface area contributed by atoms with E-state index in [0.717, 1.165) is 16.0 Å². The first-order valence-electron chi connectivity index (χ1n) is 5.98. The lowest BCUT2D eigenvalue weighted by molar-refractivity contribution is -0.141. The highest BCUT2D eigenvalue weighted by Gasteiger charge is 2.47. The maximum Gasteiger partial charge on any atom is 0.328 e. The van der Waals surface area contributed by atoms with Crippen LogP contribution in [-0.4, -0.2) is 45.4 Å². The van der Waals surface area contributed by atoms with Gasteiger partial charge in [0.1, 0.15) is 12.6 Å². The molecule has 1 atom stereocenters. The Morgan fingerprint density at radius 3 is 2.63 bits per heavy atom. The second-order valence-electron chi connectivity index (χ2n) is 4.72. The van der Waals surface area contributed by atoms with Crippen LogP contribution < -0.4 is 0 Å². The Hall–Kier alpha value is -2.37. The molecule has 1 aromatic rings. The summed E-state index contributed by atoms with van der Waals surface area (Å²) in [5.41, 5.74) is 2.05. The number of carboxylic acids is 1. The van der Waals surface area contributed by atoms with Crippen LogP contribution in [0.3, 0.4) is 0 Å². The number of rotatable bonds is 2. The van der Waals surface area contributed by atoms with Crippen LogP contribution in [0.4, 0.5) is 4.79 Å². The van der Waals surface area contributed by atoms with Crippen LogP contribution in [0.1, 0.15) is 11.1 Å². The van der Waals surface area contributed by atoms with Gasteiger partial charge in [0.05, 0.1) is 0 Å². The zero-order valence-electron chi connectivity index (χ0n) is 10.1. The minimum atomic E-state index is -1.18. The molecule has 2 heterocycles. The Morgan fingerprint density at radius 2 is 1.95 bits per heavy atom. The van der Waals surface area contributed by atoms with Gasteiger partial charge in [0.25, 0.3) is 5.91 Å². The van der Waals surface area contributed by atoms with Crippen molar-refractivity contribution in [2.75, 3.05) is 6.54 Å². The molecule has 3 rings (SSSR count). The number of hydrogen-bond acceptors (Lipinski definition) is 3. The summed E-state index contributed by atoms with van der Waals surface area (Å²) >= 11 is 0. The SMILES string of the molecule is O=C(O)CN1C(=O)[C@H]2Cc3ccccc3CN2C1=O. The van der Waals surface area contributed by atoms with Crippen LogP contribution in [-0.2, 0) is 22.6 Å². The van der Waals surface area contributed by atoms with Crippen LogP contribution in [0.15, 0.2) is 24.3 Å². The molecular weight excluding hydrogens is 248 g/mol. The van der Waals surface area contributed by atoms with E-state index in [4.69, 9.17) is 5.11 Å². The van der Waals surface area contributed by atoms with Gasteiger partial charge in [-0.05, 0) is 11.1 Å². The summed E-state index contributed by atoms with van der Waals surface area (Å²) in [6.07, 6.45) is 0.455. The number of amides is 3. The summed E-state index contributed by atoms with van der Waals surface area (Å²) in [6.45, 7) is -0.206. The topological polar surface area (TPSA) is 77.9 Å². The summed E-state index contributed by atoms with van der Waals surface area (Å²) in [7, 11) is 0. The Morgan fingerprint density at radius 1 is 1.26 bits per heavy atom. The number of benzene rings is 1. The van der Waals surface area contributed by atoms with Crippen molar-refractivity contribution in [3.8, 4) is 0 Å². The van der Waals surface area contributed by atoms with Gasteiger partial charge in [-0.25, -0.2) is 4.79 Å². The van der Waals surface area contributed by atoms with E-state index in [0.29, 0.717) is 13.0 Å². The number of hydrogen-bond donors (Lipinski definition) is 1. The Balaban J connectivity index is 1.92. The zero-order valence-corrected chi connectivity index (χ0v) is 10.1. The van der Waals surface area contributed by atoms with E-state index >= 15 is 0 Å². The normalized spacial score (nSPS) is 21.4. The third kappa shape index (κ3) is 1.76. The molecule has 6 nitrogen and oxygen atoms in total. The van der Waals surface area contributed by atoms with E-state index in [1.807, 2.05) is 24.3 Å². The van der Waals surface area contributed by atoms with Gasteiger partial charge >= 0.3 is 12.0 Å². The van der Waals surface area contributed by atoms with Crippen LogP contribution in [0, 0.1) is 0 Å². The van der Waals surface area contributed by atoms with E-state index in [1.54, 1.807) is 0 Å². The molecule has 2 aliphatic rings. The molecule has 1 saturated heterocycles. The number of carbonyl (C=O) groups is 3. The highest BCUT2D eigenvalue weighted by atomic mass is 16.4. The smallest absolute Gasteiger partial charge is 0.328 e. The molecule has 0 aromatic heterocycles. The van der Waals surface area contributed by atoms with E-state index in [2.05, 4.69) is 0 Å². The minimum absolute atomic E-state index is 0.363. The van der Waals surface area contributed by atoms with Gasteiger partial charge in [0.15, 0.2) is 0 Å². The first kappa shape index (κ1) is 11.7. The van der Waals surface area contributed by atoms with Crippen molar-refractivity contribution in [1.29, 1.82) is 0 Å². The van der Waals surface area contributed by atoms with Crippen LogP contribution in [0.5, 0.6) is 0 Å². The number of carbonyl (C=O) groups excluding carboxylic acids is 2. The highest BCUT2D eigenvalue weighted by molar-refractivity contribution is 6.06. The third-order valence-corrected chi connectivity index (χ3v) is 3.57. The molecule has 0 saturated carbocycles. The quantitative estimate of drug-likeness (QED) is 0.784. The molecule has 1 N–H and O–H groups in total. The van der Waals surface area contributed by atoms with Crippen molar-refractivity contribution >= 4 is 17.9 Å². The number of imide groups is 1. The van der Waals surface area contributed by atoms with Crippen LogP contribution >= 0.6 is 0 Å². The summed E-state index contributed by atoms with van der Waals surface area (Å²) in [5.74, 6) is -1.60. The summed E-state index contributed by atoms with van der Waals surface area (Å²) < 4.78 is 0. The van der Waals surface area contributed by atoms with Crippen molar-refractivity contribution in [3.63, 3.8) is 0 Å². The van der Waals surface area contributed by atoms with Crippen LogP contribution in [0.2, 0.25) is 0 Å². The number of fused-ring (bicyclic) bond motifs is 2. The molecule has 0 radical (unpaired) electrons. The second kappa shape index (κ2) is 4.08. The maximum atomic E-state index is 12.1. The predicted molar refractivity (Wildman–Crippen MR) is 64.2 cm³/mol. The fourth-order valence-electron chi connectivity index (χ4n) is 2.65. The van der Waals surface area contributed by atoms with E-state index < -0.39 is 30.5 Å². The van der Waals surface area contributed by atoms with Gasteiger partial charge in [0, 0.05) is 13.0 Å². The standard InChI is InChI=1S/C13H12N2O4/c16-11(17)7-15-12(18)10-5-8-3-1-2-4-9(8)6-14(10)13(15)19/h1-4,10H,5-7H2,(H,16,17)/t10-/m1/s1. The average Bonchev–Trinajstić information content (AvgIpc) is 2.61. The van der Waals surface area contributed by atoms with Crippen molar-refractivity contribution in [2.45, 2.75) is 19.0 Å². The molecule has 1 aromatic carbocycles. The zero-order chi connectivity index (χ0) is 13.6. The first-order valence-corrected chi connectivity index (χ1v) is 5.98. The van der Waals surface area contributed by atoms with Crippen molar-refractivity contribution in [1.82, 2.24) is 9.80 Å². The largest absolute Gasteiger partial charge is 0.480 e. The van der Waals surface area contributed by atoms with Gasteiger partial charge in [0.2, 0.25) is 0 Å². The predicted octanol–water partition coefficient (Wildman–Crippen LogP) is 0.460. The van der Waals surface area contributed by atoms with Crippen molar-refractivity contribution in [2.24, 2.45) is 0 Å². The Bertz CT molecular complexity index is 541. The number of aliphatic carboxylic acids is 1. The third-order valence-electron chi connectivity index (χ3n) is 3.57. The van der Waals surface area contributed by atoms with Gasteiger partial charge in [-0.2, -0.15) is 0 Å². The van der Waals surface area contributed by atoms with Gasteiger partial charge in [-0.3, -0.25) is 14.5 Å². The van der Waals surface area contributed by atoms with E-state index in [-0.39, 0.29) is 0 Å². The van der Waals surface area contributed by atoms with Crippen molar-refractivity contribution < 1.29 is 19.5 Å². The molecule has 2 aliphatic heterocycles. The van der Waals surface area contributed by atoms with Gasteiger partial charge in [-0.15, -0.1) is 0 Å². The average molecular weight is 260 g/mol. The molecular formula is C13H12N2O4. The molecule has 0 aliphatic carbocycles. The molecule has 0 bridgehead atoms. The van der Waals surface area contributed by atoms with E-state index in [1.165, 1.54) is 4.90 Å². The molecule has 6 heteroatoms. The molecule has 0 unspecified atom stereocenters. The van der Waals surface area contributed by atoms with Gasteiger partial charge in [-0.1, -0.05) is 24.3 Å². The maximum absolute atomic E-state index is 12.1. The summed E-state index contributed by atoms with van der Waals surface area (Å²) in [5, 5.41) is 8.75. The Labute approximate surface area is 109 Å². The fourth-order valence-corrected chi connectivity index (χ4v) is 2.65. The summed E-state index contributed by atoms with van der Waals surface area (Å²) in [4.78, 5) is 37.1. The van der Waals surface area contributed by atoms with Gasteiger partial charge < -0.3 is 10.0 Å².